The lowest BCUT2D eigenvalue weighted by Crippen LogP contribution is -2.24. The molecular weight excluding hydrogens is 456 g/mol. The molecule has 3 N–H and O–H groups in total. The topological polar surface area (TPSA) is 92.8 Å². The molecule has 8 nitrogen and oxygen atoms in total. The summed E-state index contributed by atoms with van der Waals surface area (Å²) in [6.45, 7) is 1.34. The van der Waals surface area contributed by atoms with Crippen LogP contribution in [0.4, 0.5) is 11.5 Å². The molecule has 2 aromatic rings. The molecule has 1 aromatic carbocycles. The van der Waals surface area contributed by atoms with E-state index in [1.165, 1.54) is 0 Å². The van der Waals surface area contributed by atoms with E-state index in [1.807, 2.05) is 29.0 Å². The molecule has 0 amide bonds. The van der Waals surface area contributed by atoms with Crippen molar-refractivity contribution in [1.82, 2.24) is 9.55 Å². The second kappa shape index (κ2) is 9.80. The molecule has 2 aliphatic rings. The largest absolute Gasteiger partial charge is 0.497 e. The number of methoxy groups -OCH3 is 3. The number of nitrogens with zero attached hydrogens (tertiary/aromatic N) is 2. The van der Waals surface area contributed by atoms with Gasteiger partial charge in [-0.3, -0.25) is 0 Å². The Hall–Kier alpha value is -1.76. The van der Waals surface area contributed by atoms with Gasteiger partial charge in [-0.15, -0.1) is 0 Å². The molecular formula is C20H24N4O4S3. The minimum Gasteiger partial charge on any atom is -0.497 e. The van der Waals surface area contributed by atoms with Gasteiger partial charge in [-0.25, -0.2) is 4.98 Å². The second-order valence-corrected chi connectivity index (χ2v) is 9.39. The van der Waals surface area contributed by atoms with Crippen molar-refractivity contribution >= 4 is 47.2 Å². The van der Waals surface area contributed by atoms with Gasteiger partial charge in [0.25, 0.3) is 0 Å². The van der Waals surface area contributed by atoms with Crippen LogP contribution in [0.25, 0.3) is 0 Å². The highest BCUT2D eigenvalue weighted by molar-refractivity contribution is 8.03. The summed E-state index contributed by atoms with van der Waals surface area (Å²) in [7, 11) is 4.97. The molecule has 0 aliphatic carbocycles. The van der Waals surface area contributed by atoms with Crippen LogP contribution in [0.15, 0.2) is 44.9 Å². The minimum absolute atomic E-state index is 0.142. The molecule has 4 rings (SSSR count). The molecule has 1 unspecified atom stereocenters. The van der Waals surface area contributed by atoms with Gasteiger partial charge in [0.15, 0.2) is 0 Å². The zero-order valence-electron chi connectivity index (χ0n) is 17.4. The Morgan fingerprint density at radius 2 is 2.10 bits per heavy atom. The van der Waals surface area contributed by atoms with Crippen LogP contribution in [-0.4, -0.2) is 56.7 Å². The predicted octanol–water partition coefficient (Wildman–Crippen LogP) is 3.92. The van der Waals surface area contributed by atoms with Crippen LogP contribution < -0.4 is 15.8 Å². The highest BCUT2D eigenvalue weighted by Gasteiger charge is 2.39. The molecule has 11 heteroatoms. The fourth-order valence-corrected chi connectivity index (χ4v) is 6.24. The number of nitrogens with two attached hydrogens (primary N) is 1. The molecule has 1 aromatic heterocycles. The van der Waals surface area contributed by atoms with Crippen LogP contribution in [0.2, 0.25) is 0 Å². The Morgan fingerprint density at radius 3 is 2.81 bits per heavy atom. The van der Waals surface area contributed by atoms with Gasteiger partial charge in [0.05, 0.1) is 29.2 Å². The van der Waals surface area contributed by atoms with E-state index in [4.69, 9.17) is 36.9 Å². The van der Waals surface area contributed by atoms with Crippen molar-refractivity contribution < 1.29 is 18.9 Å². The molecule has 2 aliphatic heterocycles. The van der Waals surface area contributed by atoms with Gasteiger partial charge in [0.2, 0.25) is 4.77 Å². The standard InChI is InChI=1S/C20H24N4O4S3/c1-25-10-14-16(26-2)17(27-3)19(31-14)24-9-13-18(23-20(24)29)22-15-11(28-8-7-21)5-4-6-12(15)30-13/h4-6,9,17,19H,7-8,10,21H2,1-3H3,(H,22,23,29)/t17?,19-/m1/s1. The zero-order valence-corrected chi connectivity index (χ0v) is 19.9. The van der Waals surface area contributed by atoms with E-state index in [-0.39, 0.29) is 11.5 Å². The quantitative estimate of drug-likeness (QED) is 0.462. The first-order chi connectivity index (χ1) is 15.1. The van der Waals surface area contributed by atoms with Crippen LogP contribution in [0.1, 0.15) is 5.37 Å². The van der Waals surface area contributed by atoms with Crippen molar-refractivity contribution in [3.8, 4) is 5.75 Å². The monoisotopic (exact) mass is 480 g/mol. The van der Waals surface area contributed by atoms with E-state index in [2.05, 4.69) is 10.3 Å². The number of hydrogen-bond acceptors (Lipinski definition) is 10. The summed E-state index contributed by atoms with van der Waals surface area (Å²) in [6.07, 6.45) is 1.72. The molecule has 0 fully saturated rings. The first kappa shape index (κ1) is 22.4. The maximum absolute atomic E-state index is 5.78. The van der Waals surface area contributed by atoms with Crippen molar-refractivity contribution in [3.05, 3.63) is 39.8 Å². The van der Waals surface area contributed by atoms with Crippen LogP contribution in [0.5, 0.6) is 5.75 Å². The molecule has 0 bridgehead atoms. The molecule has 166 valence electrons. The number of fused-ring (bicyclic) bond motifs is 2. The summed E-state index contributed by atoms with van der Waals surface area (Å²) >= 11 is 8.88. The Kier molecular flexibility index (Phi) is 7.09. The molecule has 0 radical (unpaired) electrons. The van der Waals surface area contributed by atoms with Crippen molar-refractivity contribution in [2.24, 2.45) is 5.73 Å². The van der Waals surface area contributed by atoms with Gasteiger partial charge in [0.1, 0.15) is 35.4 Å². The maximum Gasteiger partial charge on any atom is 0.202 e. The number of rotatable bonds is 8. The zero-order chi connectivity index (χ0) is 22.0. The van der Waals surface area contributed by atoms with Gasteiger partial charge in [-0.05, 0) is 24.4 Å². The first-order valence-electron chi connectivity index (χ1n) is 9.60. The maximum atomic E-state index is 5.78. The van der Waals surface area contributed by atoms with E-state index in [0.717, 1.165) is 31.9 Å². The van der Waals surface area contributed by atoms with Crippen LogP contribution in [0, 0.1) is 4.77 Å². The lowest BCUT2D eigenvalue weighted by molar-refractivity contribution is 0.0652. The second-order valence-electron chi connectivity index (χ2n) is 6.73. The Morgan fingerprint density at radius 1 is 1.26 bits per heavy atom. The number of anilines is 2. The summed E-state index contributed by atoms with van der Waals surface area (Å²) in [5.41, 5.74) is 6.46. The lowest BCUT2D eigenvalue weighted by atomic mass is 10.2. The summed E-state index contributed by atoms with van der Waals surface area (Å²) in [5.74, 6) is 2.21. The van der Waals surface area contributed by atoms with E-state index in [1.54, 1.807) is 44.9 Å². The number of ether oxygens (including phenoxy) is 4. The third-order valence-electron chi connectivity index (χ3n) is 4.82. The number of thioether (sulfide) groups is 1. The fraction of sp³-hybridized carbons (Fsp3) is 0.400. The molecule has 3 heterocycles. The highest BCUT2D eigenvalue weighted by atomic mass is 32.2. The van der Waals surface area contributed by atoms with Crippen LogP contribution in [-0.2, 0) is 14.2 Å². The molecule has 2 atom stereocenters. The number of para-hydroxylation sites is 1. The minimum atomic E-state index is -0.295. The predicted molar refractivity (Wildman–Crippen MR) is 125 cm³/mol. The number of hydrogen-bond donors (Lipinski definition) is 2. The summed E-state index contributed by atoms with van der Waals surface area (Å²) < 4.78 is 24.9. The summed E-state index contributed by atoms with van der Waals surface area (Å²) in [5, 5.41) is 3.24. The average molecular weight is 481 g/mol. The number of aromatic nitrogens is 2. The molecule has 0 spiro atoms. The molecule has 31 heavy (non-hydrogen) atoms. The van der Waals surface area contributed by atoms with Crippen LogP contribution >= 0.6 is 35.7 Å². The number of benzene rings is 1. The Bertz CT molecular complexity index is 1060. The molecule has 0 saturated heterocycles. The SMILES string of the molecule is COCC1=C(OC)C(OC)[C@H](n2cc3c(nc2=S)Nc2c(OCCN)cccc2S3)S1. The Balaban J connectivity index is 1.67. The average Bonchev–Trinajstić information content (AvgIpc) is 3.13. The number of nitrogens with one attached hydrogen (secondary N) is 1. The first-order valence-corrected chi connectivity index (χ1v) is 11.7. The van der Waals surface area contributed by atoms with Gasteiger partial charge >= 0.3 is 0 Å². The third-order valence-corrected chi connectivity index (χ3v) is 7.52. The molecule has 0 saturated carbocycles. The van der Waals surface area contributed by atoms with E-state index in [0.29, 0.717) is 30.3 Å². The normalized spacial score (nSPS) is 19.6. The Labute approximate surface area is 194 Å². The third kappa shape index (κ3) is 4.30. The van der Waals surface area contributed by atoms with E-state index >= 15 is 0 Å². The van der Waals surface area contributed by atoms with E-state index in [9.17, 15) is 0 Å². The van der Waals surface area contributed by atoms with Gasteiger partial charge in [-0.2, -0.15) is 0 Å². The fourth-order valence-electron chi connectivity index (χ4n) is 3.49. The summed E-state index contributed by atoms with van der Waals surface area (Å²) in [6, 6.07) is 5.92. The van der Waals surface area contributed by atoms with Crippen molar-refractivity contribution in [2.75, 3.05) is 46.4 Å². The van der Waals surface area contributed by atoms with Gasteiger partial charge in [-0.1, -0.05) is 29.6 Å². The smallest absolute Gasteiger partial charge is 0.202 e. The van der Waals surface area contributed by atoms with E-state index < -0.39 is 0 Å². The highest BCUT2D eigenvalue weighted by Crippen LogP contribution is 2.50. The van der Waals surface area contributed by atoms with Crippen LogP contribution in [0.3, 0.4) is 0 Å². The summed E-state index contributed by atoms with van der Waals surface area (Å²) in [4.78, 5) is 7.67. The van der Waals surface area contributed by atoms with Crippen molar-refractivity contribution in [2.45, 2.75) is 21.3 Å². The lowest BCUT2D eigenvalue weighted by Gasteiger charge is -2.26. The van der Waals surface area contributed by atoms with Crippen molar-refractivity contribution in [1.29, 1.82) is 0 Å². The van der Waals surface area contributed by atoms with Crippen molar-refractivity contribution in [3.63, 3.8) is 0 Å². The van der Waals surface area contributed by atoms with Gasteiger partial charge in [0, 0.05) is 31.9 Å². The van der Waals surface area contributed by atoms with Gasteiger partial charge < -0.3 is 34.6 Å².